The molecule has 0 saturated heterocycles. The zero-order valence-corrected chi connectivity index (χ0v) is 13.5. The molecule has 5 nitrogen and oxygen atoms in total. The molecule has 1 aliphatic rings. The second kappa shape index (κ2) is 6.36. The van der Waals surface area contributed by atoms with Gasteiger partial charge in [-0.2, -0.15) is 0 Å². The molecule has 3 rings (SSSR count). The second-order valence-corrected chi connectivity index (χ2v) is 6.33. The van der Waals surface area contributed by atoms with Crippen LogP contribution in [0, 0.1) is 6.92 Å². The first-order valence-electron chi connectivity index (χ1n) is 7.33. The van der Waals surface area contributed by atoms with E-state index in [1.54, 1.807) is 30.6 Å². The minimum Gasteiger partial charge on any atom is -0.481 e. The van der Waals surface area contributed by atoms with Crippen LogP contribution >= 0.6 is 11.3 Å². The van der Waals surface area contributed by atoms with Gasteiger partial charge < -0.3 is 15.4 Å². The Kier molecular flexibility index (Phi) is 4.29. The van der Waals surface area contributed by atoms with Crippen LogP contribution in [0.3, 0.4) is 0 Å². The fourth-order valence-electron chi connectivity index (χ4n) is 2.74. The van der Waals surface area contributed by atoms with Gasteiger partial charge in [0.25, 0.3) is 0 Å². The maximum atomic E-state index is 12.2. The molecule has 1 aliphatic carbocycles. The van der Waals surface area contributed by atoms with Gasteiger partial charge in [0, 0.05) is 10.9 Å². The highest BCUT2D eigenvalue weighted by Crippen LogP contribution is 2.33. The summed E-state index contributed by atoms with van der Waals surface area (Å²) in [4.78, 5) is 17.9. The van der Waals surface area contributed by atoms with Gasteiger partial charge in [-0.05, 0) is 49.3 Å². The van der Waals surface area contributed by atoms with Gasteiger partial charge in [-0.25, -0.2) is 9.78 Å². The SMILES string of the molecule is COc1ccc(NC(=O)NC2CCCc3sccc32)c(C)n1. The molecule has 0 radical (unpaired) electrons. The van der Waals surface area contributed by atoms with Crippen LogP contribution < -0.4 is 15.4 Å². The summed E-state index contributed by atoms with van der Waals surface area (Å²) in [7, 11) is 1.57. The normalized spacial score (nSPS) is 16.7. The number of aryl methyl sites for hydroxylation is 2. The number of fused-ring (bicyclic) bond motifs is 1. The average molecular weight is 317 g/mol. The quantitative estimate of drug-likeness (QED) is 0.908. The van der Waals surface area contributed by atoms with E-state index in [2.05, 4.69) is 27.1 Å². The summed E-state index contributed by atoms with van der Waals surface area (Å²) in [5.41, 5.74) is 2.69. The number of methoxy groups -OCH3 is 1. The number of urea groups is 1. The molecule has 0 aliphatic heterocycles. The number of nitrogens with one attached hydrogen (secondary N) is 2. The van der Waals surface area contributed by atoms with Gasteiger partial charge in [0.1, 0.15) is 0 Å². The Morgan fingerprint density at radius 1 is 1.41 bits per heavy atom. The highest BCUT2D eigenvalue weighted by molar-refractivity contribution is 7.10. The van der Waals surface area contributed by atoms with Crippen LogP contribution in [0.5, 0.6) is 5.88 Å². The Morgan fingerprint density at radius 3 is 3.05 bits per heavy atom. The van der Waals surface area contributed by atoms with Gasteiger partial charge in [0.05, 0.1) is 24.5 Å². The third-order valence-corrected chi connectivity index (χ3v) is 4.87. The summed E-state index contributed by atoms with van der Waals surface area (Å²) in [5.74, 6) is 0.540. The molecule has 0 saturated carbocycles. The molecule has 0 fully saturated rings. The molecular formula is C16H19N3O2S. The molecule has 2 heterocycles. The van der Waals surface area contributed by atoms with Gasteiger partial charge in [-0.3, -0.25) is 0 Å². The first-order chi connectivity index (χ1) is 10.7. The highest BCUT2D eigenvalue weighted by atomic mass is 32.1. The third kappa shape index (κ3) is 3.06. The summed E-state index contributed by atoms with van der Waals surface area (Å²) >= 11 is 1.77. The Balaban J connectivity index is 1.67. The predicted octanol–water partition coefficient (Wildman–Crippen LogP) is 3.66. The maximum absolute atomic E-state index is 12.2. The lowest BCUT2D eigenvalue weighted by molar-refractivity contribution is 0.247. The summed E-state index contributed by atoms with van der Waals surface area (Å²) < 4.78 is 5.07. The van der Waals surface area contributed by atoms with Crippen molar-refractivity contribution in [3.8, 4) is 5.88 Å². The third-order valence-electron chi connectivity index (χ3n) is 3.87. The molecule has 0 spiro atoms. The number of thiophene rings is 1. The smallest absolute Gasteiger partial charge is 0.319 e. The second-order valence-electron chi connectivity index (χ2n) is 5.33. The van der Waals surface area contributed by atoms with Crippen molar-refractivity contribution in [2.45, 2.75) is 32.2 Å². The van der Waals surface area contributed by atoms with Crippen molar-refractivity contribution in [2.75, 3.05) is 12.4 Å². The topological polar surface area (TPSA) is 63.2 Å². The number of hydrogen-bond donors (Lipinski definition) is 2. The lowest BCUT2D eigenvalue weighted by atomic mass is 9.94. The van der Waals surface area contributed by atoms with E-state index >= 15 is 0 Å². The Bertz CT molecular complexity index is 684. The van der Waals surface area contributed by atoms with Gasteiger partial charge >= 0.3 is 6.03 Å². The molecule has 1 unspecified atom stereocenters. The fourth-order valence-corrected chi connectivity index (χ4v) is 3.72. The number of rotatable bonds is 3. The number of anilines is 1. The van der Waals surface area contributed by atoms with E-state index in [0.717, 1.165) is 25.0 Å². The van der Waals surface area contributed by atoms with Crippen LogP contribution in [0.15, 0.2) is 23.6 Å². The van der Waals surface area contributed by atoms with Crippen molar-refractivity contribution in [3.05, 3.63) is 39.7 Å². The monoisotopic (exact) mass is 317 g/mol. The van der Waals surface area contributed by atoms with Crippen molar-refractivity contribution < 1.29 is 9.53 Å². The molecule has 22 heavy (non-hydrogen) atoms. The number of aromatic nitrogens is 1. The summed E-state index contributed by atoms with van der Waals surface area (Å²) in [6, 6.07) is 5.56. The maximum Gasteiger partial charge on any atom is 0.319 e. The predicted molar refractivity (Wildman–Crippen MR) is 87.7 cm³/mol. The van der Waals surface area contributed by atoms with Gasteiger partial charge in [-0.15, -0.1) is 11.3 Å². The van der Waals surface area contributed by atoms with Crippen LogP contribution in [0.25, 0.3) is 0 Å². The van der Waals surface area contributed by atoms with Gasteiger partial charge in [0.2, 0.25) is 5.88 Å². The summed E-state index contributed by atoms with van der Waals surface area (Å²) in [6.45, 7) is 1.84. The standard InChI is InChI=1S/C16H19N3O2S/c1-10-12(6-7-15(17-10)21-2)18-16(20)19-13-4-3-5-14-11(13)8-9-22-14/h6-9,13H,3-5H2,1-2H3,(H2,18,19,20). The Labute approximate surface area is 133 Å². The van der Waals surface area contributed by atoms with E-state index in [-0.39, 0.29) is 12.1 Å². The van der Waals surface area contributed by atoms with Crippen molar-refractivity contribution >= 4 is 23.1 Å². The first kappa shape index (κ1) is 14.8. The Morgan fingerprint density at radius 2 is 2.27 bits per heavy atom. The lowest BCUT2D eigenvalue weighted by Gasteiger charge is -2.24. The number of hydrogen-bond acceptors (Lipinski definition) is 4. The molecule has 6 heteroatoms. The molecule has 0 bridgehead atoms. The Hall–Kier alpha value is -2.08. The minimum absolute atomic E-state index is 0.0986. The fraction of sp³-hybridized carbons (Fsp3) is 0.375. The molecule has 2 aromatic heterocycles. The number of ether oxygens (including phenoxy) is 1. The van der Waals surface area contributed by atoms with E-state index < -0.39 is 0 Å². The largest absolute Gasteiger partial charge is 0.481 e. The van der Waals surface area contributed by atoms with Crippen molar-refractivity contribution in [1.82, 2.24) is 10.3 Å². The number of carbonyl (C=O) groups excluding carboxylic acids is 1. The van der Waals surface area contributed by atoms with Crippen molar-refractivity contribution in [1.29, 1.82) is 0 Å². The van der Waals surface area contributed by atoms with Crippen LogP contribution in [0.2, 0.25) is 0 Å². The molecule has 2 amide bonds. The lowest BCUT2D eigenvalue weighted by Crippen LogP contribution is -2.34. The minimum atomic E-state index is -0.195. The first-order valence-corrected chi connectivity index (χ1v) is 8.21. The highest BCUT2D eigenvalue weighted by Gasteiger charge is 2.22. The molecule has 2 aromatic rings. The zero-order valence-electron chi connectivity index (χ0n) is 12.7. The van der Waals surface area contributed by atoms with E-state index in [1.807, 2.05) is 6.92 Å². The zero-order chi connectivity index (χ0) is 15.5. The van der Waals surface area contributed by atoms with Crippen molar-refractivity contribution in [2.24, 2.45) is 0 Å². The number of carbonyl (C=O) groups is 1. The van der Waals surface area contributed by atoms with E-state index in [0.29, 0.717) is 11.6 Å². The van der Waals surface area contributed by atoms with E-state index in [9.17, 15) is 4.79 Å². The van der Waals surface area contributed by atoms with E-state index in [1.165, 1.54) is 10.4 Å². The summed E-state index contributed by atoms with van der Waals surface area (Å²) in [5, 5.41) is 8.03. The van der Waals surface area contributed by atoms with Crippen LogP contribution in [0.1, 0.15) is 35.0 Å². The van der Waals surface area contributed by atoms with Crippen LogP contribution in [0.4, 0.5) is 10.5 Å². The average Bonchev–Trinajstić information content (AvgIpc) is 2.99. The molecule has 2 N–H and O–H groups in total. The molecule has 116 valence electrons. The molecule has 1 atom stereocenters. The number of nitrogens with zero attached hydrogens (tertiary/aromatic N) is 1. The van der Waals surface area contributed by atoms with Crippen molar-refractivity contribution in [3.63, 3.8) is 0 Å². The van der Waals surface area contributed by atoms with Gasteiger partial charge in [-0.1, -0.05) is 0 Å². The van der Waals surface area contributed by atoms with Gasteiger partial charge in [0.15, 0.2) is 0 Å². The van der Waals surface area contributed by atoms with Crippen LogP contribution in [-0.4, -0.2) is 18.1 Å². The van der Waals surface area contributed by atoms with E-state index in [4.69, 9.17) is 4.74 Å². The van der Waals surface area contributed by atoms with Crippen LogP contribution in [-0.2, 0) is 6.42 Å². The molecule has 0 aromatic carbocycles. The summed E-state index contributed by atoms with van der Waals surface area (Å²) in [6.07, 6.45) is 3.22. The number of pyridine rings is 1. The molecular weight excluding hydrogens is 298 g/mol. The number of amides is 2.